The molecule has 20 heavy (non-hydrogen) atoms. The number of aromatic amines is 1. The maximum Gasteiger partial charge on any atom is 0.284 e. The number of para-hydroxylation sites is 1. The van der Waals surface area contributed by atoms with Gasteiger partial charge >= 0.3 is 0 Å². The molecule has 0 unspecified atom stereocenters. The monoisotopic (exact) mass is 282 g/mol. The number of benzene rings is 1. The molecule has 0 radical (unpaired) electrons. The smallest absolute Gasteiger partial charge is 0.284 e. The highest BCUT2D eigenvalue weighted by Crippen LogP contribution is 2.28. The molecule has 1 N–H and O–H groups in total. The average molecular weight is 282 g/mol. The van der Waals surface area contributed by atoms with E-state index in [9.17, 15) is 0 Å². The molecule has 0 spiro atoms. The van der Waals surface area contributed by atoms with Gasteiger partial charge < -0.3 is 8.98 Å². The molecule has 3 aromatic heterocycles. The van der Waals surface area contributed by atoms with E-state index >= 15 is 0 Å². The van der Waals surface area contributed by atoms with E-state index in [0.717, 1.165) is 11.0 Å². The number of nitrogens with one attached hydrogen (secondary N) is 1. The van der Waals surface area contributed by atoms with Crippen molar-refractivity contribution in [2.75, 3.05) is 0 Å². The molecule has 0 aliphatic rings. The van der Waals surface area contributed by atoms with E-state index in [0.29, 0.717) is 17.3 Å². The number of H-pyrrole nitrogens is 1. The molecular formula is C14H10N4OS. The van der Waals surface area contributed by atoms with Crippen molar-refractivity contribution in [2.24, 2.45) is 0 Å². The minimum Gasteiger partial charge on any atom is -0.412 e. The average Bonchev–Trinajstić information content (AvgIpc) is 3.03. The molecular weight excluding hydrogens is 272 g/mol. The molecule has 0 aliphatic heterocycles. The van der Waals surface area contributed by atoms with Crippen LogP contribution in [0.15, 0.2) is 47.1 Å². The first-order valence-electron chi connectivity index (χ1n) is 6.18. The minimum atomic E-state index is 0.291. The summed E-state index contributed by atoms with van der Waals surface area (Å²) in [4.78, 5) is 4.51. The lowest BCUT2D eigenvalue weighted by Crippen LogP contribution is -1.99. The third kappa shape index (κ3) is 1.65. The van der Waals surface area contributed by atoms with Crippen molar-refractivity contribution in [1.29, 1.82) is 0 Å². The Labute approximate surface area is 118 Å². The lowest BCUT2D eigenvalue weighted by Gasteiger charge is -2.03. The maximum absolute atomic E-state index is 5.36. The van der Waals surface area contributed by atoms with Gasteiger partial charge in [0.2, 0.25) is 5.89 Å². The molecule has 4 rings (SSSR count). The fraction of sp³-hybridized carbons (Fsp3) is 0.0714. The molecule has 0 saturated carbocycles. The summed E-state index contributed by atoms with van der Waals surface area (Å²) in [6, 6.07) is 10.3. The van der Waals surface area contributed by atoms with Crippen LogP contribution < -0.4 is 0 Å². The van der Waals surface area contributed by atoms with Crippen LogP contribution in [0.3, 0.4) is 0 Å². The van der Waals surface area contributed by atoms with E-state index in [1.54, 1.807) is 6.20 Å². The highest BCUT2D eigenvalue weighted by atomic mass is 32.1. The largest absolute Gasteiger partial charge is 0.412 e. The Bertz CT molecular complexity index is 913. The first kappa shape index (κ1) is 11.4. The Balaban J connectivity index is 2.02. The number of hydrogen-bond donors (Lipinski definition) is 1. The molecule has 0 fully saturated rings. The fourth-order valence-corrected chi connectivity index (χ4v) is 2.67. The fourth-order valence-electron chi connectivity index (χ4n) is 2.53. The lowest BCUT2D eigenvalue weighted by molar-refractivity contribution is 0.471. The van der Waals surface area contributed by atoms with E-state index in [4.69, 9.17) is 16.6 Å². The van der Waals surface area contributed by atoms with E-state index in [-0.39, 0.29) is 0 Å². The highest BCUT2D eigenvalue weighted by Gasteiger charge is 2.12. The van der Waals surface area contributed by atoms with Gasteiger partial charge in [-0.05, 0) is 24.4 Å². The summed E-state index contributed by atoms with van der Waals surface area (Å²) in [6.45, 7) is 0.517. The Hall–Kier alpha value is -2.47. The number of nitrogens with zero attached hydrogens (tertiary/aromatic N) is 3. The van der Waals surface area contributed by atoms with Crippen LogP contribution in [0.4, 0.5) is 0 Å². The van der Waals surface area contributed by atoms with Crippen molar-refractivity contribution in [1.82, 2.24) is 19.7 Å². The molecule has 0 atom stereocenters. The molecule has 3 heterocycles. The van der Waals surface area contributed by atoms with Crippen molar-refractivity contribution in [3.05, 3.63) is 53.5 Å². The summed E-state index contributed by atoms with van der Waals surface area (Å²) in [5, 5.41) is 9.08. The summed E-state index contributed by atoms with van der Waals surface area (Å²) in [5.41, 5.74) is 2.18. The maximum atomic E-state index is 5.36. The number of hydrogen-bond acceptors (Lipinski definition) is 4. The second kappa shape index (κ2) is 4.28. The second-order valence-electron chi connectivity index (χ2n) is 4.50. The van der Waals surface area contributed by atoms with Crippen LogP contribution in [-0.4, -0.2) is 19.7 Å². The van der Waals surface area contributed by atoms with Crippen molar-refractivity contribution >= 4 is 34.0 Å². The lowest BCUT2D eigenvalue weighted by atomic mass is 10.2. The number of aromatic nitrogens is 4. The van der Waals surface area contributed by atoms with Gasteiger partial charge in [-0.15, -0.1) is 5.10 Å². The van der Waals surface area contributed by atoms with Gasteiger partial charge in [0.05, 0.1) is 11.7 Å². The zero-order valence-electron chi connectivity index (χ0n) is 10.4. The molecule has 0 amide bonds. The number of fused-ring (bicyclic) bond motifs is 3. The zero-order chi connectivity index (χ0) is 13.5. The summed E-state index contributed by atoms with van der Waals surface area (Å²) in [6.07, 6.45) is 3.66. The molecule has 0 saturated heterocycles. The highest BCUT2D eigenvalue weighted by molar-refractivity contribution is 7.71. The van der Waals surface area contributed by atoms with Crippen LogP contribution in [0.2, 0.25) is 0 Å². The van der Waals surface area contributed by atoms with Gasteiger partial charge in [-0.1, -0.05) is 18.2 Å². The first-order chi connectivity index (χ1) is 9.83. The number of rotatable bonds is 2. The molecule has 0 aliphatic carbocycles. The third-order valence-corrected chi connectivity index (χ3v) is 3.53. The quantitative estimate of drug-likeness (QED) is 0.573. The van der Waals surface area contributed by atoms with Gasteiger partial charge in [0, 0.05) is 22.5 Å². The van der Waals surface area contributed by atoms with E-state index in [1.165, 1.54) is 10.8 Å². The van der Waals surface area contributed by atoms with Crippen LogP contribution in [-0.2, 0) is 6.54 Å². The van der Waals surface area contributed by atoms with Crippen LogP contribution in [0.25, 0.3) is 21.8 Å². The molecule has 4 aromatic rings. The van der Waals surface area contributed by atoms with Crippen molar-refractivity contribution in [3.8, 4) is 0 Å². The van der Waals surface area contributed by atoms with Crippen LogP contribution >= 0.6 is 12.2 Å². The molecule has 6 heteroatoms. The zero-order valence-corrected chi connectivity index (χ0v) is 11.2. The predicted molar refractivity (Wildman–Crippen MR) is 78.0 cm³/mol. The molecule has 0 bridgehead atoms. The summed E-state index contributed by atoms with van der Waals surface area (Å²) in [5.74, 6) is 0.557. The molecule has 5 nitrogen and oxygen atoms in total. The van der Waals surface area contributed by atoms with Gasteiger partial charge in [0.25, 0.3) is 4.84 Å². The van der Waals surface area contributed by atoms with Gasteiger partial charge in [-0.2, -0.15) is 0 Å². The standard InChI is InChI=1S/C14H10N4OS/c20-14-17-16-13(19-14)8-18-11-4-2-1-3-9(11)10-5-6-15-7-12(10)18/h1-7H,8H2,(H,17,20). The Morgan fingerprint density at radius 1 is 1.15 bits per heavy atom. The van der Waals surface area contributed by atoms with Gasteiger partial charge in [-0.25, -0.2) is 5.10 Å². The van der Waals surface area contributed by atoms with E-state index in [1.807, 2.05) is 24.4 Å². The SMILES string of the molecule is S=c1[nH]nc(Cn2c3ccccc3c3ccncc32)o1. The van der Waals surface area contributed by atoms with Crippen molar-refractivity contribution in [3.63, 3.8) is 0 Å². The van der Waals surface area contributed by atoms with Gasteiger partial charge in [0.15, 0.2) is 0 Å². The van der Waals surface area contributed by atoms with Crippen molar-refractivity contribution in [2.45, 2.75) is 6.54 Å². The van der Waals surface area contributed by atoms with Crippen molar-refractivity contribution < 1.29 is 4.42 Å². The Morgan fingerprint density at radius 3 is 2.85 bits per heavy atom. The molecule has 98 valence electrons. The second-order valence-corrected chi connectivity index (χ2v) is 4.87. The van der Waals surface area contributed by atoms with Crippen LogP contribution in [0.5, 0.6) is 0 Å². The molecule has 1 aromatic carbocycles. The van der Waals surface area contributed by atoms with E-state index in [2.05, 4.69) is 31.9 Å². The van der Waals surface area contributed by atoms with E-state index < -0.39 is 0 Å². The minimum absolute atomic E-state index is 0.291. The van der Waals surface area contributed by atoms with Crippen LogP contribution in [0.1, 0.15) is 5.89 Å². The summed E-state index contributed by atoms with van der Waals surface area (Å²) in [7, 11) is 0. The normalized spacial score (nSPS) is 11.4. The summed E-state index contributed by atoms with van der Waals surface area (Å²) < 4.78 is 7.49. The summed E-state index contributed by atoms with van der Waals surface area (Å²) >= 11 is 4.91. The van der Waals surface area contributed by atoms with Gasteiger partial charge in [-0.3, -0.25) is 4.98 Å². The first-order valence-corrected chi connectivity index (χ1v) is 6.59. The van der Waals surface area contributed by atoms with Crippen LogP contribution in [0, 0.1) is 4.84 Å². The Kier molecular flexibility index (Phi) is 2.43. The van der Waals surface area contributed by atoms with Gasteiger partial charge in [0.1, 0.15) is 6.54 Å². The topological polar surface area (TPSA) is 59.6 Å². The third-order valence-electron chi connectivity index (χ3n) is 3.35. The Morgan fingerprint density at radius 2 is 2.00 bits per heavy atom. The predicted octanol–water partition coefficient (Wildman–Crippen LogP) is 3.28. The number of pyridine rings is 1.